The summed E-state index contributed by atoms with van der Waals surface area (Å²) in [7, 11) is 0. The average Bonchev–Trinajstić information content (AvgIpc) is 2.67. The predicted octanol–water partition coefficient (Wildman–Crippen LogP) is 2.98. The topological polar surface area (TPSA) is 6.48 Å². The molecule has 18 heavy (non-hydrogen) atoms. The minimum atomic E-state index is 0.367. The van der Waals surface area contributed by atoms with Crippen molar-refractivity contribution in [2.24, 2.45) is 10.8 Å². The maximum atomic E-state index is 2.77. The minimum absolute atomic E-state index is 0.367. The number of hydrogen-bond donors (Lipinski definition) is 0. The molecule has 0 aromatic heterocycles. The molecule has 2 heteroatoms. The molecule has 0 amide bonds. The maximum absolute atomic E-state index is 2.77. The van der Waals surface area contributed by atoms with Crippen LogP contribution >= 0.6 is 0 Å². The van der Waals surface area contributed by atoms with Crippen molar-refractivity contribution in [2.45, 2.75) is 65.5 Å². The summed E-state index contributed by atoms with van der Waals surface area (Å²) in [5, 5.41) is 0. The fourth-order valence-electron chi connectivity index (χ4n) is 4.21. The van der Waals surface area contributed by atoms with E-state index in [1.54, 1.807) is 0 Å². The van der Waals surface area contributed by atoms with E-state index < -0.39 is 0 Å². The molecule has 3 fully saturated rings. The second-order valence-electron chi connectivity index (χ2n) is 8.61. The van der Waals surface area contributed by atoms with E-state index in [-0.39, 0.29) is 0 Å². The number of piperidine rings is 1. The first-order valence-electron chi connectivity index (χ1n) is 7.73. The highest BCUT2D eigenvalue weighted by Crippen LogP contribution is 2.68. The van der Waals surface area contributed by atoms with Crippen LogP contribution in [0.1, 0.15) is 53.9 Å². The lowest BCUT2D eigenvalue weighted by Gasteiger charge is -2.53. The van der Waals surface area contributed by atoms with Crippen molar-refractivity contribution >= 4 is 0 Å². The zero-order chi connectivity index (χ0) is 13.2. The van der Waals surface area contributed by atoms with E-state index in [4.69, 9.17) is 0 Å². The van der Waals surface area contributed by atoms with Crippen LogP contribution in [-0.4, -0.2) is 47.6 Å². The summed E-state index contributed by atoms with van der Waals surface area (Å²) in [6, 6.07) is 0.850. The number of likely N-dealkylation sites (tertiary alicyclic amines) is 2. The first-order valence-corrected chi connectivity index (χ1v) is 7.73. The van der Waals surface area contributed by atoms with E-state index in [1.165, 1.54) is 45.4 Å². The van der Waals surface area contributed by atoms with E-state index in [2.05, 4.69) is 44.4 Å². The van der Waals surface area contributed by atoms with Gasteiger partial charge in [0.25, 0.3) is 0 Å². The lowest BCUT2D eigenvalue weighted by atomic mass is 9.84. The molecule has 1 saturated carbocycles. The lowest BCUT2D eigenvalue weighted by molar-refractivity contribution is -0.0369. The molecule has 3 aliphatic rings. The van der Waals surface area contributed by atoms with Crippen molar-refractivity contribution < 1.29 is 0 Å². The monoisotopic (exact) mass is 250 g/mol. The Bertz CT molecular complexity index is 325. The molecule has 0 unspecified atom stereocenters. The largest absolute Gasteiger partial charge is 0.298 e. The summed E-state index contributed by atoms with van der Waals surface area (Å²) in [6.07, 6.45) is 4.38. The minimum Gasteiger partial charge on any atom is -0.298 e. The fourth-order valence-corrected chi connectivity index (χ4v) is 4.21. The molecule has 0 atom stereocenters. The Morgan fingerprint density at radius 3 is 1.89 bits per heavy atom. The zero-order valence-electron chi connectivity index (χ0n) is 12.9. The normalized spacial score (nSPS) is 32.5. The Balaban J connectivity index is 1.48. The Hall–Kier alpha value is -0.0800. The van der Waals surface area contributed by atoms with Gasteiger partial charge in [0.05, 0.1) is 0 Å². The van der Waals surface area contributed by atoms with Crippen LogP contribution in [0.25, 0.3) is 0 Å². The zero-order valence-corrected chi connectivity index (χ0v) is 12.9. The number of hydrogen-bond acceptors (Lipinski definition) is 2. The molecule has 0 aromatic rings. The Labute approximate surface area is 113 Å². The molecule has 2 saturated heterocycles. The molecule has 104 valence electrons. The van der Waals surface area contributed by atoms with Crippen molar-refractivity contribution in [1.29, 1.82) is 0 Å². The second kappa shape index (κ2) is 3.73. The van der Waals surface area contributed by atoms with Gasteiger partial charge in [-0.15, -0.1) is 0 Å². The van der Waals surface area contributed by atoms with Crippen LogP contribution in [0.5, 0.6) is 0 Å². The molecule has 2 aliphatic heterocycles. The second-order valence-corrected chi connectivity index (χ2v) is 8.61. The highest BCUT2D eigenvalue weighted by atomic mass is 15.3. The highest BCUT2D eigenvalue weighted by molar-refractivity contribution is 5.12. The van der Waals surface area contributed by atoms with Crippen LogP contribution < -0.4 is 0 Å². The summed E-state index contributed by atoms with van der Waals surface area (Å²) in [4.78, 5) is 5.38. The molecule has 1 spiro atoms. The Kier molecular flexibility index (Phi) is 2.68. The van der Waals surface area contributed by atoms with Crippen LogP contribution in [0, 0.1) is 10.8 Å². The third-order valence-electron chi connectivity index (χ3n) is 6.17. The van der Waals surface area contributed by atoms with Crippen molar-refractivity contribution in [3.8, 4) is 0 Å². The quantitative estimate of drug-likeness (QED) is 0.706. The van der Waals surface area contributed by atoms with Gasteiger partial charge in [0.2, 0.25) is 0 Å². The molecule has 0 radical (unpaired) electrons. The van der Waals surface area contributed by atoms with Gasteiger partial charge in [0.15, 0.2) is 0 Å². The highest BCUT2D eigenvalue weighted by Gasteiger charge is 2.61. The van der Waals surface area contributed by atoms with E-state index >= 15 is 0 Å². The van der Waals surface area contributed by atoms with Crippen molar-refractivity contribution in [3.05, 3.63) is 0 Å². The molecular weight excluding hydrogens is 220 g/mol. The molecular formula is C16H30N2. The SMILES string of the molecule is CC(C)(C)N1CC(N2CCC3(CC2)CC3(C)C)C1. The molecule has 2 heterocycles. The maximum Gasteiger partial charge on any atom is 0.0350 e. The first-order chi connectivity index (χ1) is 8.24. The van der Waals surface area contributed by atoms with Gasteiger partial charge in [-0.2, -0.15) is 0 Å². The van der Waals surface area contributed by atoms with Gasteiger partial charge in [-0.25, -0.2) is 0 Å². The third-order valence-corrected chi connectivity index (χ3v) is 6.17. The summed E-state index contributed by atoms with van der Waals surface area (Å²) in [5.74, 6) is 0. The van der Waals surface area contributed by atoms with Gasteiger partial charge in [-0.3, -0.25) is 9.80 Å². The lowest BCUT2D eigenvalue weighted by Crippen LogP contribution is -2.65. The summed E-state index contributed by atoms with van der Waals surface area (Å²) >= 11 is 0. The number of nitrogens with zero attached hydrogens (tertiary/aromatic N) is 2. The van der Waals surface area contributed by atoms with Crippen LogP contribution in [0.15, 0.2) is 0 Å². The van der Waals surface area contributed by atoms with Crippen molar-refractivity contribution in [3.63, 3.8) is 0 Å². The summed E-state index contributed by atoms with van der Waals surface area (Å²) < 4.78 is 0. The first kappa shape index (κ1) is 12.9. The van der Waals surface area contributed by atoms with Gasteiger partial charge in [-0.1, -0.05) is 13.8 Å². The molecule has 2 nitrogen and oxygen atoms in total. The van der Waals surface area contributed by atoms with Gasteiger partial charge in [-0.05, 0) is 64.0 Å². The molecule has 3 rings (SSSR count). The van der Waals surface area contributed by atoms with Gasteiger partial charge in [0, 0.05) is 24.7 Å². The van der Waals surface area contributed by atoms with E-state index in [1.807, 2.05) is 0 Å². The van der Waals surface area contributed by atoms with Crippen LogP contribution in [0.3, 0.4) is 0 Å². The Morgan fingerprint density at radius 2 is 1.50 bits per heavy atom. The summed E-state index contributed by atoms with van der Waals surface area (Å²) in [5.41, 5.74) is 1.75. The summed E-state index contributed by atoms with van der Waals surface area (Å²) in [6.45, 7) is 17.2. The van der Waals surface area contributed by atoms with Crippen LogP contribution in [0.4, 0.5) is 0 Å². The fraction of sp³-hybridized carbons (Fsp3) is 1.00. The van der Waals surface area contributed by atoms with Crippen LogP contribution in [0.2, 0.25) is 0 Å². The smallest absolute Gasteiger partial charge is 0.0350 e. The predicted molar refractivity (Wildman–Crippen MR) is 76.8 cm³/mol. The van der Waals surface area contributed by atoms with Gasteiger partial charge >= 0.3 is 0 Å². The van der Waals surface area contributed by atoms with E-state index in [0.29, 0.717) is 11.0 Å². The standard InChI is InChI=1S/C16H30N2/c1-14(2,3)18-10-13(11-18)17-8-6-16(7-9-17)12-15(16,4)5/h13H,6-12H2,1-5H3. The molecule has 1 aliphatic carbocycles. The van der Waals surface area contributed by atoms with Crippen LogP contribution in [-0.2, 0) is 0 Å². The van der Waals surface area contributed by atoms with Gasteiger partial charge in [0.1, 0.15) is 0 Å². The molecule has 0 N–H and O–H groups in total. The Morgan fingerprint density at radius 1 is 1.00 bits per heavy atom. The van der Waals surface area contributed by atoms with Crippen molar-refractivity contribution in [2.75, 3.05) is 26.2 Å². The van der Waals surface area contributed by atoms with E-state index in [0.717, 1.165) is 11.5 Å². The van der Waals surface area contributed by atoms with E-state index in [9.17, 15) is 0 Å². The molecule has 0 aromatic carbocycles. The average molecular weight is 250 g/mol. The third kappa shape index (κ3) is 1.92. The number of rotatable bonds is 1. The van der Waals surface area contributed by atoms with Crippen molar-refractivity contribution in [1.82, 2.24) is 9.80 Å². The van der Waals surface area contributed by atoms with Gasteiger partial charge < -0.3 is 0 Å². The molecule has 0 bridgehead atoms.